The summed E-state index contributed by atoms with van der Waals surface area (Å²) in [5, 5.41) is 0. The van der Waals surface area contributed by atoms with Crippen LogP contribution < -0.4 is 11.3 Å². The summed E-state index contributed by atoms with van der Waals surface area (Å²) in [7, 11) is 0. The average molecular weight is 252 g/mol. The first-order valence-corrected chi connectivity index (χ1v) is 6.69. The number of nitrogens with two attached hydrogens (primary N) is 1. The van der Waals surface area contributed by atoms with Crippen LogP contribution in [0.3, 0.4) is 0 Å². The van der Waals surface area contributed by atoms with Gasteiger partial charge in [0, 0.05) is 30.3 Å². The lowest BCUT2D eigenvalue weighted by Gasteiger charge is -2.32. The molecule has 0 spiro atoms. The first kappa shape index (κ1) is 12.2. The van der Waals surface area contributed by atoms with Crippen molar-refractivity contribution >= 4 is 23.4 Å². The molecule has 1 atom stereocenters. The van der Waals surface area contributed by atoms with Crippen LogP contribution in [-0.4, -0.2) is 39.9 Å². The number of thioether (sulfide) groups is 1. The second-order valence-corrected chi connectivity index (χ2v) is 5.15. The van der Waals surface area contributed by atoms with E-state index in [9.17, 15) is 4.79 Å². The van der Waals surface area contributed by atoms with Crippen LogP contribution in [0.1, 0.15) is 17.4 Å². The third-order valence-corrected chi connectivity index (χ3v) is 3.96. The van der Waals surface area contributed by atoms with Crippen molar-refractivity contribution in [2.45, 2.75) is 13.0 Å². The summed E-state index contributed by atoms with van der Waals surface area (Å²) in [5.74, 6) is 7.28. The normalized spacial score (nSPS) is 20.1. The van der Waals surface area contributed by atoms with Crippen molar-refractivity contribution in [3.05, 3.63) is 24.0 Å². The summed E-state index contributed by atoms with van der Waals surface area (Å²) < 4.78 is 0. The highest BCUT2D eigenvalue weighted by Gasteiger charge is 2.25. The van der Waals surface area contributed by atoms with E-state index in [2.05, 4.69) is 17.3 Å². The number of pyridine rings is 1. The predicted molar refractivity (Wildman–Crippen MR) is 69.9 cm³/mol. The molecule has 17 heavy (non-hydrogen) atoms. The van der Waals surface area contributed by atoms with Crippen LogP contribution in [0.4, 0.5) is 5.69 Å². The summed E-state index contributed by atoms with van der Waals surface area (Å²) in [6.07, 6.45) is 1.59. The number of carbonyl (C=O) groups is 1. The van der Waals surface area contributed by atoms with Crippen molar-refractivity contribution in [3.63, 3.8) is 0 Å². The van der Waals surface area contributed by atoms with E-state index < -0.39 is 0 Å². The molecule has 0 saturated carbocycles. The molecule has 1 amide bonds. The molecule has 1 saturated heterocycles. The quantitative estimate of drug-likeness (QED) is 0.605. The summed E-state index contributed by atoms with van der Waals surface area (Å²) in [6, 6.07) is 3.67. The number of carbonyl (C=O) groups excluding carboxylic acids is 1. The number of anilines is 1. The van der Waals surface area contributed by atoms with Gasteiger partial charge in [0.2, 0.25) is 0 Å². The van der Waals surface area contributed by atoms with Gasteiger partial charge >= 0.3 is 0 Å². The van der Waals surface area contributed by atoms with Crippen molar-refractivity contribution in [1.29, 1.82) is 0 Å². The maximum atomic E-state index is 12.3. The Bertz CT molecular complexity index is 412. The first-order chi connectivity index (χ1) is 8.22. The van der Waals surface area contributed by atoms with Gasteiger partial charge in [0.05, 0.1) is 5.69 Å². The molecule has 92 valence electrons. The van der Waals surface area contributed by atoms with Gasteiger partial charge in [-0.2, -0.15) is 11.8 Å². The minimum atomic E-state index is -0.0186. The van der Waals surface area contributed by atoms with Crippen LogP contribution in [0, 0.1) is 0 Å². The number of rotatable bonds is 2. The number of aromatic nitrogens is 1. The Morgan fingerprint density at radius 2 is 2.53 bits per heavy atom. The lowest BCUT2D eigenvalue weighted by atomic mass is 10.2. The fraction of sp³-hybridized carbons (Fsp3) is 0.455. The van der Waals surface area contributed by atoms with Crippen molar-refractivity contribution < 1.29 is 4.79 Å². The molecule has 0 radical (unpaired) electrons. The Kier molecular flexibility index (Phi) is 3.86. The number of hydrogen-bond donors (Lipinski definition) is 2. The SMILES string of the molecule is CC1CSCCN1C(=O)c1cc(NN)ccn1. The van der Waals surface area contributed by atoms with Gasteiger partial charge in [-0.1, -0.05) is 0 Å². The van der Waals surface area contributed by atoms with E-state index in [4.69, 9.17) is 5.84 Å². The van der Waals surface area contributed by atoms with E-state index in [1.807, 2.05) is 16.7 Å². The molecular formula is C11H16N4OS. The highest BCUT2D eigenvalue weighted by Crippen LogP contribution is 2.18. The highest BCUT2D eigenvalue weighted by molar-refractivity contribution is 7.99. The van der Waals surface area contributed by atoms with E-state index >= 15 is 0 Å². The second-order valence-electron chi connectivity index (χ2n) is 4.00. The van der Waals surface area contributed by atoms with Gasteiger partial charge in [-0.15, -0.1) is 0 Å². The van der Waals surface area contributed by atoms with E-state index in [0.717, 1.165) is 18.1 Å². The monoisotopic (exact) mass is 252 g/mol. The van der Waals surface area contributed by atoms with E-state index in [-0.39, 0.29) is 11.9 Å². The zero-order chi connectivity index (χ0) is 12.3. The summed E-state index contributed by atoms with van der Waals surface area (Å²) >= 11 is 1.88. The summed E-state index contributed by atoms with van der Waals surface area (Å²) in [5.41, 5.74) is 3.66. The number of nitrogens with one attached hydrogen (secondary N) is 1. The number of nitrogens with zero attached hydrogens (tertiary/aromatic N) is 2. The fourth-order valence-corrected chi connectivity index (χ4v) is 2.83. The largest absolute Gasteiger partial charge is 0.333 e. The van der Waals surface area contributed by atoms with Gasteiger partial charge in [-0.05, 0) is 19.1 Å². The zero-order valence-electron chi connectivity index (χ0n) is 9.72. The van der Waals surface area contributed by atoms with Crippen LogP contribution in [0.25, 0.3) is 0 Å². The van der Waals surface area contributed by atoms with Gasteiger partial charge in [-0.3, -0.25) is 15.6 Å². The molecule has 1 aromatic heterocycles. The molecule has 1 aliphatic heterocycles. The highest BCUT2D eigenvalue weighted by atomic mass is 32.2. The van der Waals surface area contributed by atoms with Crippen LogP contribution >= 0.6 is 11.8 Å². The third-order valence-electron chi connectivity index (χ3n) is 2.77. The molecule has 6 heteroatoms. The number of nitrogen functional groups attached to an aromatic ring is 1. The maximum Gasteiger partial charge on any atom is 0.272 e. The van der Waals surface area contributed by atoms with Gasteiger partial charge in [0.15, 0.2) is 0 Å². The van der Waals surface area contributed by atoms with Gasteiger partial charge < -0.3 is 10.3 Å². The molecule has 2 rings (SSSR count). The second kappa shape index (κ2) is 5.37. The Balaban J connectivity index is 2.17. The van der Waals surface area contributed by atoms with Crippen molar-refractivity contribution in [3.8, 4) is 0 Å². The standard InChI is InChI=1S/C11H16N4OS/c1-8-7-17-5-4-15(8)11(16)10-6-9(14-12)2-3-13-10/h2-3,6,8H,4-5,7,12H2,1H3,(H,13,14). The Labute approximate surface area is 105 Å². The van der Waals surface area contributed by atoms with E-state index in [0.29, 0.717) is 11.4 Å². The average Bonchev–Trinajstić information content (AvgIpc) is 2.38. The van der Waals surface area contributed by atoms with E-state index in [1.165, 1.54) is 0 Å². The van der Waals surface area contributed by atoms with E-state index in [1.54, 1.807) is 18.3 Å². The van der Waals surface area contributed by atoms with Crippen molar-refractivity contribution in [1.82, 2.24) is 9.88 Å². The fourth-order valence-electron chi connectivity index (χ4n) is 1.81. The Morgan fingerprint density at radius 1 is 1.71 bits per heavy atom. The van der Waals surface area contributed by atoms with Gasteiger partial charge in [-0.25, -0.2) is 0 Å². The molecule has 3 N–H and O–H groups in total. The molecule has 1 aliphatic rings. The molecule has 0 bridgehead atoms. The molecule has 1 aromatic rings. The number of hydrazine groups is 1. The van der Waals surface area contributed by atoms with Crippen molar-refractivity contribution in [2.24, 2.45) is 5.84 Å². The van der Waals surface area contributed by atoms with Crippen molar-refractivity contribution in [2.75, 3.05) is 23.5 Å². The Morgan fingerprint density at radius 3 is 3.24 bits per heavy atom. The van der Waals surface area contributed by atoms with Crippen LogP contribution in [0.15, 0.2) is 18.3 Å². The Hall–Kier alpha value is -1.27. The zero-order valence-corrected chi connectivity index (χ0v) is 10.5. The molecule has 5 nitrogen and oxygen atoms in total. The lowest BCUT2D eigenvalue weighted by molar-refractivity contribution is 0.0710. The molecule has 0 aromatic carbocycles. The van der Waals surface area contributed by atoms with Gasteiger partial charge in [0.25, 0.3) is 5.91 Å². The topological polar surface area (TPSA) is 71.2 Å². The van der Waals surface area contributed by atoms with Crippen LogP contribution in [0.5, 0.6) is 0 Å². The molecule has 1 unspecified atom stereocenters. The maximum absolute atomic E-state index is 12.3. The predicted octanol–water partition coefficient (Wildman–Crippen LogP) is 0.945. The smallest absolute Gasteiger partial charge is 0.272 e. The van der Waals surface area contributed by atoms with Crippen LogP contribution in [0.2, 0.25) is 0 Å². The number of amides is 1. The minimum Gasteiger partial charge on any atom is -0.333 e. The van der Waals surface area contributed by atoms with Gasteiger partial charge in [0.1, 0.15) is 5.69 Å². The first-order valence-electron chi connectivity index (χ1n) is 5.53. The lowest BCUT2D eigenvalue weighted by Crippen LogP contribution is -2.44. The number of hydrogen-bond acceptors (Lipinski definition) is 5. The molecule has 2 heterocycles. The third kappa shape index (κ3) is 2.70. The van der Waals surface area contributed by atoms with Crippen LogP contribution in [-0.2, 0) is 0 Å². The summed E-state index contributed by atoms with van der Waals surface area (Å²) in [4.78, 5) is 18.2. The summed E-state index contributed by atoms with van der Waals surface area (Å²) in [6.45, 7) is 2.85. The molecule has 1 fully saturated rings. The molecular weight excluding hydrogens is 236 g/mol. The molecule has 0 aliphatic carbocycles. The minimum absolute atomic E-state index is 0.0186.